The summed E-state index contributed by atoms with van der Waals surface area (Å²) in [4.78, 5) is 0. The maximum absolute atomic E-state index is 3.66. The van der Waals surface area contributed by atoms with Crippen LogP contribution in [0.1, 0.15) is 55.8 Å². The van der Waals surface area contributed by atoms with Crippen molar-refractivity contribution in [2.24, 2.45) is 0 Å². The SMILES string of the molecule is CCCNC(CCC)c1ccn(Cc2ccccc2C)c1. The highest BCUT2D eigenvalue weighted by molar-refractivity contribution is 5.26. The molecule has 21 heavy (non-hydrogen) atoms. The summed E-state index contributed by atoms with van der Waals surface area (Å²) in [5.74, 6) is 0. The Morgan fingerprint density at radius 2 is 1.90 bits per heavy atom. The summed E-state index contributed by atoms with van der Waals surface area (Å²) in [5, 5.41) is 3.66. The van der Waals surface area contributed by atoms with E-state index >= 15 is 0 Å². The van der Waals surface area contributed by atoms with Crippen molar-refractivity contribution < 1.29 is 0 Å². The smallest absolute Gasteiger partial charge is 0.0472 e. The highest BCUT2D eigenvalue weighted by Crippen LogP contribution is 2.20. The van der Waals surface area contributed by atoms with Gasteiger partial charge < -0.3 is 9.88 Å². The molecule has 2 aromatic rings. The minimum absolute atomic E-state index is 0.494. The molecule has 1 atom stereocenters. The Morgan fingerprint density at radius 1 is 1.10 bits per heavy atom. The van der Waals surface area contributed by atoms with Crippen LogP contribution in [0, 0.1) is 6.92 Å². The first-order valence-corrected chi connectivity index (χ1v) is 8.18. The van der Waals surface area contributed by atoms with Crippen molar-refractivity contribution in [1.29, 1.82) is 0 Å². The molecule has 1 aromatic carbocycles. The number of aromatic nitrogens is 1. The Bertz CT molecular complexity index is 542. The Morgan fingerprint density at radius 3 is 2.62 bits per heavy atom. The minimum atomic E-state index is 0.494. The average Bonchev–Trinajstić information content (AvgIpc) is 2.94. The number of hydrogen-bond acceptors (Lipinski definition) is 1. The summed E-state index contributed by atoms with van der Waals surface area (Å²) < 4.78 is 2.30. The molecule has 114 valence electrons. The Labute approximate surface area is 129 Å². The highest BCUT2D eigenvalue weighted by atomic mass is 15.0. The molecule has 1 aromatic heterocycles. The summed E-state index contributed by atoms with van der Waals surface area (Å²) >= 11 is 0. The molecule has 1 unspecified atom stereocenters. The first kappa shape index (κ1) is 15.8. The lowest BCUT2D eigenvalue weighted by molar-refractivity contribution is 0.493. The molecule has 0 aliphatic heterocycles. The van der Waals surface area contributed by atoms with Gasteiger partial charge in [0, 0.05) is 25.0 Å². The minimum Gasteiger partial charge on any atom is -0.350 e. The Kier molecular flexibility index (Phi) is 6.06. The van der Waals surface area contributed by atoms with Gasteiger partial charge in [0.05, 0.1) is 0 Å². The van der Waals surface area contributed by atoms with Gasteiger partial charge in [0.2, 0.25) is 0 Å². The van der Waals surface area contributed by atoms with E-state index in [0.29, 0.717) is 6.04 Å². The maximum atomic E-state index is 3.66. The standard InChI is InChI=1S/C19H28N2/c1-4-8-19(20-12-5-2)18-11-13-21(15-18)14-17-10-7-6-9-16(17)3/h6-7,9-11,13,15,19-20H,4-5,8,12,14H2,1-3H3. The van der Waals surface area contributed by atoms with Crippen molar-refractivity contribution in [3.8, 4) is 0 Å². The van der Waals surface area contributed by atoms with Crippen LogP contribution in [-0.4, -0.2) is 11.1 Å². The maximum Gasteiger partial charge on any atom is 0.0472 e. The normalized spacial score (nSPS) is 12.5. The van der Waals surface area contributed by atoms with Crippen LogP contribution in [0.3, 0.4) is 0 Å². The predicted molar refractivity (Wildman–Crippen MR) is 90.7 cm³/mol. The van der Waals surface area contributed by atoms with E-state index in [9.17, 15) is 0 Å². The second-order valence-corrected chi connectivity index (χ2v) is 5.84. The number of rotatable bonds is 8. The van der Waals surface area contributed by atoms with Gasteiger partial charge in [0.1, 0.15) is 0 Å². The third-order valence-electron chi connectivity index (χ3n) is 4.01. The van der Waals surface area contributed by atoms with E-state index < -0.39 is 0 Å². The van der Waals surface area contributed by atoms with Crippen LogP contribution in [0.15, 0.2) is 42.7 Å². The number of nitrogens with one attached hydrogen (secondary N) is 1. The van der Waals surface area contributed by atoms with Crippen molar-refractivity contribution >= 4 is 0 Å². The van der Waals surface area contributed by atoms with Gasteiger partial charge in [-0.05, 0) is 49.1 Å². The summed E-state index contributed by atoms with van der Waals surface area (Å²) in [6.07, 6.45) is 8.11. The van der Waals surface area contributed by atoms with Crippen molar-refractivity contribution in [3.05, 3.63) is 59.4 Å². The highest BCUT2D eigenvalue weighted by Gasteiger charge is 2.11. The van der Waals surface area contributed by atoms with Gasteiger partial charge in [0.15, 0.2) is 0 Å². The molecule has 0 aliphatic rings. The lowest BCUT2D eigenvalue weighted by atomic mass is 10.1. The van der Waals surface area contributed by atoms with Crippen LogP contribution in [-0.2, 0) is 6.54 Å². The second-order valence-electron chi connectivity index (χ2n) is 5.84. The van der Waals surface area contributed by atoms with Crippen LogP contribution in [0.5, 0.6) is 0 Å². The molecular formula is C19H28N2. The molecule has 1 heterocycles. The van der Waals surface area contributed by atoms with Crippen molar-refractivity contribution in [1.82, 2.24) is 9.88 Å². The molecule has 0 saturated carbocycles. The zero-order valence-corrected chi connectivity index (χ0v) is 13.6. The topological polar surface area (TPSA) is 17.0 Å². The molecule has 0 spiro atoms. The molecule has 0 aliphatic carbocycles. The van der Waals surface area contributed by atoms with E-state index in [4.69, 9.17) is 0 Å². The number of benzene rings is 1. The third-order valence-corrected chi connectivity index (χ3v) is 4.01. The number of nitrogens with zero attached hydrogens (tertiary/aromatic N) is 1. The van der Waals surface area contributed by atoms with Crippen LogP contribution < -0.4 is 5.32 Å². The van der Waals surface area contributed by atoms with Gasteiger partial charge in [-0.1, -0.05) is 44.5 Å². The van der Waals surface area contributed by atoms with Gasteiger partial charge in [-0.25, -0.2) is 0 Å². The van der Waals surface area contributed by atoms with Gasteiger partial charge in [0.25, 0.3) is 0 Å². The fourth-order valence-electron chi connectivity index (χ4n) is 2.74. The van der Waals surface area contributed by atoms with E-state index in [0.717, 1.165) is 13.1 Å². The summed E-state index contributed by atoms with van der Waals surface area (Å²) in [5.41, 5.74) is 4.18. The van der Waals surface area contributed by atoms with E-state index in [1.165, 1.54) is 36.0 Å². The lowest BCUT2D eigenvalue weighted by Crippen LogP contribution is -2.21. The zero-order valence-electron chi connectivity index (χ0n) is 13.6. The monoisotopic (exact) mass is 284 g/mol. The molecular weight excluding hydrogens is 256 g/mol. The van der Waals surface area contributed by atoms with Gasteiger partial charge in [-0.2, -0.15) is 0 Å². The molecule has 0 radical (unpaired) electrons. The summed E-state index contributed by atoms with van der Waals surface area (Å²) in [6.45, 7) is 8.71. The third kappa shape index (κ3) is 4.47. The van der Waals surface area contributed by atoms with Gasteiger partial charge in [-0.15, -0.1) is 0 Å². The van der Waals surface area contributed by atoms with Crippen LogP contribution in [0.25, 0.3) is 0 Å². The molecule has 2 heteroatoms. The van der Waals surface area contributed by atoms with Crippen molar-refractivity contribution in [3.63, 3.8) is 0 Å². The fourth-order valence-corrected chi connectivity index (χ4v) is 2.74. The Balaban J connectivity index is 2.07. The van der Waals surface area contributed by atoms with Crippen molar-refractivity contribution in [2.45, 2.75) is 52.6 Å². The van der Waals surface area contributed by atoms with E-state index in [2.05, 4.69) is 73.4 Å². The average molecular weight is 284 g/mol. The lowest BCUT2D eigenvalue weighted by Gasteiger charge is -2.16. The molecule has 2 nitrogen and oxygen atoms in total. The van der Waals surface area contributed by atoms with Crippen LogP contribution >= 0.6 is 0 Å². The number of aryl methyl sites for hydroxylation is 1. The molecule has 0 saturated heterocycles. The molecule has 1 N–H and O–H groups in total. The fraction of sp³-hybridized carbons (Fsp3) is 0.474. The largest absolute Gasteiger partial charge is 0.350 e. The number of hydrogen-bond donors (Lipinski definition) is 1. The van der Waals surface area contributed by atoms with E-state index in [1.54, 1.807) is 0 Å². The van der Waals surface area contributed by atoms with Crippen molar-refractivity contribution in [2.75, 3.05) is 6.54 Å². The molecule has 0 fully saturated rings. The van der Waals surface area contributed by atoms with E-state index in [-0.39, 0.29) is 0 Å². The first-order valence-electron chi connectivity index (χ1n) is 8.18. The predicted octanol–water partition coefficient (Wildman–Crippen LogP) is 4.69. The molecule has 0 bridgehead atoms. The summed E-state index contributed by atoms with van der Waals surface area (Å²) in [7, 11) is 0. The quantitative estimate of drug-likeness (QED) is 0.744. The van der Waals surface area contributed by atoms with Gasteiger partial charge in [-0.3, -0.25) is 0 Å². The summed E-state index contributed by atoms with van der Waals surface area (Å²) in [6, 6.07) is 11.4. The van der Waals surface area contributed by atoms with Gasteiger partial charge >= 0.3 is 0 Å². The van der Waals surface area contributed by atoms with Crippen LogP contribution in [0.4, 0.5) is 0 Å². The Hall–Kier alpha value is -1.54. The molecule has 0 amide bonds. The van der Waals surface area contributed by atoms with Crippen LogP contribution in [0.2, 0.25) is 0 Å². The van der Waals surface area contributed by atoms with E-state index in [1.807, 2.05) is 0 Å². The second kappa shape index (κ2) is 8.04. The molecule has 2 rings (SSSR count). The zero-order chi connectivity index (χ0) is 15.1. The first-order chi connectivity index (χ1) is 10.2.